The van der Waals surface area contributed by atoms with Gasteiger partial charge in [0, 0.05) is 39.1 Å². The van der Waals surface area contributed by atoms with Gasteiger partial charge in [0.25, 0.3) is 0 Å². The number of benzene rings is 2. The number of guanidine groups is 1. The van der Waals surface area contributed by atoms with Crippen LogP contribution in [0.15, 0.2) is 65.7 Å². The van der Waals surface area contributed by atoms with Crippen LogP contribution in [0.1, 0.15) is 30.9 Å². The van der Waals surface area contributed by atoms with Crippen LogP contribution in [0.4, 0.5) is 0 Å². The number of rotatable bonds is 10. The maximum absolute atomic E-state index is 12.3. The summed E-state index contributed by atoms with van der Waals surface area (Å²) < 4.78 is 26.1. The van der Waals surface area contributed by atoms with Gasteiger partial charge in [0.05, 0.1) is 5.75 Å². The molecular formula is C22H33IN4O2S. The number of hydrogen-bond acceptors (Lipinski definition) is 3. The van der Waals surface area contributed by atoms with Crippen LogP contribution in [0.5, 0.6) is 0 Å². The smallest absolute Gasteiger partial charge is 0.215 e. The Kier molecular flexibility index (Phi) is 12.0. The van der Waals surface area contributed by atoms with E-state index in [2.05, 4.69) is 39.9 Å². The van der Waals surface area contributed by atoms with Crippen molar-refractivity contribution in [1.29, 1.82) is 0 Å². The van der Waals surface area contributed by atoms with Crippen molar-refractivity contribution < 1.29 is 8.42 Å². The maximum atomic E-state index is 12.3. The molecule has 2 aromatic rings. The quantitative estimate of drug-likeness (QED) is 0.274. The largest absolute Gasteiger partial charge is 0.355 e. The molecule has 0 unspecified atom stereocenters. The van der Waals surface area contributed by atoms with Gasteiger partial charge in [-0.3, -0.25) is 4.99 Å². The molecule has 0 amide bonds. The number of aliphatic imine (C=N–C) groups is 1. The van der Waals surface area contributed by atoms with Crippen LogP contribution in [0, 0.1) is 0 Å². The van der Waals surface area contributed by atoms with E-state index in [4.69, 9.17) is 0 Å². The summed E-state index contributed by atoms with van der Waals surface area (Å²) in [4.78, 5) is 4.24. The molecule has 0 heterocycles. The molecule has 0 aliphatic heterocycles. The van der Waals surface area contributed by atoms with Gasteiger partial charge in [-0.15, -0.1) is 24.0 Å². The van der Waals surface area contributed by atoms with E-state index < -0.39 is 10.0 Å². The van der Waals surface area contributed by atoms with E-state index in [1.807, 2.05) is 50.2 Å². The molecule has 30 heavy (non-hydrogen) atoms. The summed E-state index contributed by atoms with van der Waals surface area (Å²) in [6.07, 6.45) is 0. The van der Waals surface area contributed by atoms with Crippen LogP contribution in [0.25, 0.3) is 0 Å². The minimum absolute atomic E-state index is 0. The summed E-state index contributed by atoms with van der Waals surface area (Å²) >= 11 is 0. The molecule has 0 saturated heterocycles. The molecule has 166 valence electrons. The zero-order valence-corrected chi connectivity index (χ0v) is 21.1. The van der Waals surface area contributed by atoms with Crippen LogP contribution in [-0.4, -0.2) is 57.7 Å². The number of nitrogens with one attached hydrogen (secondary N) is 2. The summed E-state index contributed by atoms with van der Waals surface area (Å²) in [6.45, 7) is 5.63. The number of hydrogen-bond donors (Lipinski definition) is 2. The fourth-order valence-electron chi connectivity index (χ4n) is 3.26. The van der Waals surface area contributed by atoms with Gasteiger partial charge in [0.15, 0.2) is 5.96 Å². The lowest BCUT2D eigenvalue weighted by atomic mass is 9.91. The predicted octanol–water partition coefficient (Wildman–Crippen LogP) is 3.27. The summed E-state index contributed by atoms with van der Waals surface area (Å²) in [7, 11) is -1.57. The Hall–Kier alpha value is -1.65. The highest BCUT2D eigenvalue weighted by Gasteiger charge is 2.19. The standard InChI is InChI=1S/C22H32N4O2S.HI/c1-4-26(5-2)29(27,28)17-16-24-22(23-3)25-18-21(19-12-8-6-9-13-19)20-14-10-7-11-15-20;/h6-15,21H,4-5,16-18H2,1-3H3,(H2,23,24,25);1H. The molecule has 6 nitrogen and oxygen atoms in total. The third-order valence-corrected chi connectivity index (χ3v) is 6.88. The molecule has 8 heteroatoms. The molecular weight excluding hydrogens is 511 g/mol. The molecule has 0 aliphatic rings. The second-order valence-corrected chi connectivity index (χ2v) is 8.74. The lowest BCUT2D eigenvalue weighted by Gasteiger charge is -2.21. The normalized spacial score (nSPS) is 12.0. The lowest BCUT2D eigenvalue weighted by Crippen LogP contribution is -2.43. The molecule has 0 aromatic heterocycles. The average molecular weight is 545 g/mol. The Labute approximate surface area is 198 Å². The van der Waals surface area contributed by atoms with E-state index in [0.29, 0.717) is 32.1 Å². The first-order valence-electron chi connectivity index (χ1n) is 10.0. The summed E-state index contributed by atoms with van der Waals surface area (Å²) in [5.41, 5.74) is 2.43. The second-order valence-electron chi connectivity index (χ2n) is 6.65. The first-order chi connectivity index (χ1) is 14.0. The number of nitrogens with zero attached hydrogens (tertiary/aromatic N) is 2. The van der Waals surface area contributed by atoms with Crippen LogP contribution in [-0.2, 0) is 10.0 Å². The number of sulfonamides is 1. The minimum Gasteiger partial charge on any atom is -0.355 e. The van der Waals surface area contributed by atoms with Gasteiger partial charge >= 0.3 is 0 Å². The van der Waals surface area contributed by atoms with Crippen molar-refractivity contribution in [3.63, 3.8) is 0 Å². The second kappa shape index (κ2) is 13.6. The Morgan fingerprint density at radius 1 is 0.933 bits per heavy atom. The van der Waals surface area contributed by atoms with E-state index in [0.717, 1.165) is 0 Å². The summed E-state index contributed by atoms with van der Waals surface area (Å²) in [5.74, 6) is 0.794. The molecule has 0 aliphatic carbocycles. The zero-order chi connectivity index (χ0) is 21.1. The third kappa shape index (κ3) is 7.88. The fraction of sp³-hybridized carbons (Fsp3) is 0.409. The van der Waals surface area contributed by atoms with E-state index >= 15 is 0 Å². The zero-order valence-electron chi connectivity index (χ0n) is 17.9. The third-order valence-electron chi connectivity index (χ3n) is 4.85. The van der Waals surface area contributed by atoms with Gasteiger partial charge in [-0.2, -0.15) is 0 Å². The molecule has 0 bridgehead atoms. The number of halogens is 1. The minimum atomic E-state index is -3.26. The van der Waals surface area contributed by atoms with Crippen molar-refractivity contribution in [2.45, 2.75) is 19.8 Å². The van der Waals surface area contributed by atoms with Crippen LogP contribution < -0.4 is 10.6 Å². The van der Waals surface area contributed by atoms with Crippen molar-refractivity contribution in [3.05, 3.63) is 71.8 Å². The summed E-state index contributed by atoms with van der Waals surface area (Å²) in [5, 5.41) is 6.46. The SMILES string of the molecule is CCN(CC)S(=O)(=O)CCNC(=NC)NCC(c1ccccc1)c1ccccc1.I. The van der Waals surface area contributed by atoms with Gasteiger partial charge < -0.3 is 10.6 Å². The lowest BCUT2D eigenvalue weighted by molar-refractivity contribution is 0.445. The van der Waals surface area contributed by atoms with Crippen molar-refractivity contribution in [2.75, 3.05) is 39.0 Å². The Morgan fingerprint density at radius 2 is 1.43 bits per heavy atom. The molecule has 0 radical (unpaired) electrons. The van der Waals surface area contributed by atoms with E-state index in [-0.39, 0.29) is 35.6 Å². The van der Waals surface area contributed by atoms with Crippen LogP contribution in [0.3, 0.4) is 0 Å². The van der Waals surface area contributed by atoms with Gasteiger partial charge in [-0.05, 0) is 11.1 Å². The first-order valence-corrected chi connectivity index (χ1v) is 11.6. The topological polar surface area (TPSA) is 73.8 Å². The molecule has 0 fully saturated rings. The molecule has 2 rings (SSSR count). The van der Waals surface area contributed by atoms with Crippen molar-refractivity contribution in [2.24, 2.45) is 4.99 Å². The molecule has 0 saturated carbocycles. The van der Waals surface area contributed by atoms with Crippen molar-refractivity contribution >= 4 is 40.0 Å². The predicted molar refractivity (Wildman–Crippen MR) is 136 cm³/mol. The van der Waals surface area contributed by atoms with E-state index in [9.17, 15) is 8.42 Å². The molecule has 0 atom stereocenters. The van der Waals surface area contributed by atoms with Gasteiger partial charge in [0.1, 0.15) is 0 Å². The molecule has 0 spiro atoms. The highest BCUT2D eigenvalue weighted by Crippen LogP contribution is 2.23. The highest BCUT2D eigenvalue weighted by molar-refractivity contribution is 14.0. The van der Waals surface area contributed by atoms with Crippen LogP contribution in [0.2, 0.25) is 0 Å². The average Bonchev–Trinajstić information content (AvgIpc) is 2.74. The van der Waals surface area contributed by atoms with Gasteiger partial charge in [-0.1, -0.05) is 74.5 Å². The monoisotopic (exact) mass is 544 g/mol. The van der Waals surface area contributed by atoms with Gasteiger partial charge in [-0.25, -0.2) is 12.7 Å². The maximum Gasteiger partial charge on any atom is 0.215 e. The van der Waals surface area contributed by atoms with Crippen LogP contribution >= 0.6 is 24.0 Å². The van der Waals surface area contributed by atoms with E-state index in [1.54, 1.807) is 7.05 Å². The Balaban J connectivity index is 0.00000450. The highest BCUT2D eigenvalue weighted by atomic mass is 127. The first kappa shape index (κ1) is 26.4. The van der Waals surface area contributed by atoms with E-state index in [1.165, 1.54) is 15.4 Å². The summed E-state index contributed by atoms with van der Waals surface area (Å²) in [6, 6.07) is 20.6. The van der Waals surface area contributed by atoms with Gasteiger partial charge in [0.2, 0.25) is 10.0 Å². The van der Waals surface area contributed by atoms with Crippen molar-refractivity contribution in [3.8, 4) is 0 Å². The Bertz CT molecular complexity index is 818. The molecule has 2 aromatic carbocycles. The fourth-order valence-corrected chi connectivity index (χ4v) is 4.67. The molecule has 2 N–H and O–H groups in total. The van der Waals surface area contributed by atoms with Crippen molar-refractivity contribution in [1.82, 2.24) is 14.9 Å². The Morgan fingerprint density at radius 3 is 1.87 bits per heavy atom.